The molecule has 19 heavy (non-hydrogen) atoms. The Kier molecular flexibility index (Phi) is 5.25. The number of hydrogen-bond acceptors (Lipinski definition) is 3. The van der Waals surface area contributed by atoms with Gasteiger partial charge in [-0.1, -0.05) is 22.0 Å². The molecule has 0 saturated carbocycles. The molecule has 1 aromatic carbocycles. The van der Waals surface area contributed by atoms with E-state index in [1.54, 1.807) is 0 Å². The van der Waals surface area contributed by atoms with E-state index in [1.807, 2.05) is 0 Å². The van der Waals surface area contributed by atoms with Gasteiger partial charge in [0.05, 0.1) is 0 Å². The van der Waals surface area contributed by atoms with Crippen molar-refractivity contribution in [3.8, 4) is 0 Å². The van der Waals surface area contributed by atoms with Crippen molar-refractivity contribution in [3.63, 3.8) is 0 Å². The van der Waals surface area contributed by atoms with Gasteiger partial charge in [-0.3, -0.25) is 0 Å². The fourth-order valence-electron chi connectivity index (χ4n) is 2.68. The van der Waals surface area contributed by atoms with E-state index in [4.69, 9.17) is 5.73 Å². The van der Waals surface area contributed by atoms with Crippen molar-refractivity contribution in [2.24, 2.45) is 11.7 Å². The molecule has 2 rings (SSSR count). The van der Waals surface area contributed by atoms with E-state index in [-0.39, 0.29) is 0 Å². The maximum atomic E-state index is 5.69. The van der Waals surface area contributed by atoms with Crippen LogP contribution in [0.15, 0.2) is 22.7 Å². The Morgan fingerprint density at radius 1 is 1.37 bits per heavy atom. The highest BCUT2D eigenvalue weighted by molar-refractivity contribution is 9.10. The summed E-state index contributed by atoms with van der Waals surface area (Å²) in [5, 5.41) is 0. The molecule has 0 atom stereocenters. The zero-order chi connectivity index (χ0) is 13.8. The van der Waals surface area contributed by atoms with E-state index in [0.717, 1.165) is 22.5 Å². The largest absolute Gasteiger partial charge is 0.374 e. The van der Waals surface area contributed by atoms with Crippen LogP contribution < -0.4 is 10.6 Å². The highest BCUT2D eigenvalue weighted by atomic mass is 79.9. The lowest BCUT2D eigenvalue weighted by molar-refractivity contribution is 0.222. The third kappa shape index (κ3) is 3.94. The molecule has 0 bridgehead atoms. The Hall–Kier alpha value is -0.580. The lowest BCUT2D eigenvalue weighted by Crippen LogP contribution is -2.35. The molecule has 1 heterocycles. The van der Waals surface area contributed by atoms with E-state index < -0.39 is 0 Å². The topological polar surface area (TPSA) is 32.5 Å². The summed E-state index contributed by atoms with van der Waals surface area (Å²) in [5.41, 5.74) is 8.12. The number of nitrogens with zero attached hydrogens (tertiary/aromatic N) is 2. The van der Waals surface area contributed by atoms with Gasteiger partial charge in [0, 0.05) is 30.3 Å². The molecule has 1 saturated heterocycles. The number of benzene rings is 1. The van der Waals surface area contributed by atoms with E-state index in [9.17, 15) is 0 Å². The molecule has 2 N–H and O–H groups in total. The summed E-state index contributed by atoms with van der Waals surface area (Å²) in [6.07, 6.45) is 2.62. The first-order valence-corrected chi connectivity index (χ1v) is 7.77. The molecule has 1 aliphatic rings. The zero-order valence-electron chi connectivity index (χ0n) is 11.9. The van der Waals surface area contributed by atoms with E-state index >= 15 is 0 Å². The number of likely N-dealkylation sites (tertiary alicyclic amines) is 1. The predicted molar refractivity (Wildman–Crippen MR) is 85.5 cm³/mol. The minimum absolute atomic E-state index is 0.583. The highest BCUT2D eigenvalue weighted by Gasteiger charge is 2.18. The van der Waals surface area contributed by atoms with Crippen LogP contribution in [0.4, 0.5) is 5.69 Å². The number of nitrogens with two attached hydrogens (primary N) is 1. The third-order valence-corrected chi connectivity index (χ3v) is 4.81. The van der Waals surface area contributed by atoms with Crippen molar-refractivity contribution in [2.75, 3.05) is 38.6 Å². The lowest BCUT2D eigenvalue weighted by atomic mass is 9.96. The number of hydrogen-bond donors (Lipinski definition) is 1. The van der Waals surface area contributed by atoms with Crippen LogP contribution >= 0.6 is 15.9 Å². The first-order valence-electron chi connectivity index (χ1n) is 6.98. The van der Waals surface area contributed by atoms with Crippen LogP contribution in [-0.4, -0.2) is 38.6 Å². The Labute approximate surface area is 124 Å². The average Bonchev–Trinajstić information content (AvgIpc) is 2.41. The van der Waals surface area contributed by atoms with Crippen LogP contribution in [0.5, 0.6) is 0 Å². The van der Waals surface area contributed by atoms with Crippen LogP contribution in [0.25, 0.3) is 0 Å². The SMILES string of the molecule is CN1CCC(CN(C)c2ccc(CN)c(Br)c2)CC1. The van der Waals surface area contributed by atoms with Gasteiger partial charge < -0.3 is 15.5 Å². The fourth-order valence-corrected chi connectivity index (χ4v) is 3.21. The Bertz CT molecular complexity index is 414. The number of halogens is 1. The molecule has 0 unspecified atom stereocenters. The summed E-state index contributed by atoms with van der Waals surface area (Å²) in [5.74, 6) is 0.814. The van der Waals surface area contributed by atoms with E-state index in [1.165, 1.54) is 31.6 Å². The van der Waals surface area contributed by atoms with Crippen LogP contribution in [0.1, 0.15) is 18.4 Å². The lowest BCUT2D eigenvalue weighted by Gasteiger charge is -2.32. The maximum Gasteiger partial charge on any atom is 0.0375 e. The number of rotatable bonds is 4. The summed E-state index contributed by atoms with van der Waals surface area (Å²) >= 11 is 3.60. The van der Waals surface area contributed by atoms with Gasteiger partial charge in [-0.25, -0.2) is 0 Å². The molecule has 0 aliphatic carbocycles. The molecule has 106 valence electrons. The molecule has 1 fully saturated rings. The second-order valence-corrected chi connectivity index (χ2v) is 6.46. The second-order valence-electron chi connectivity index (χ2n) is 5.61. The van der Waals surface area contributed by atoms with Gasteiger partial charge in [0.25, 0.3) is 0 Å². The smallest absolute Gasteiger partial charge is 0.0375 e. The minimum Gasteiger partial charge on any atom is -0.374 e. The number of anilines is 1. The molecule has 0 amide bonds. The van der Waals surface area contributed by atoms with Crippen molar-refractivity contribution >= 4 is 21.6 Å². The quantitative estimate of drug-likeness (QED) is 0.923. The van der Waals surface area contributed by atoms with Crippen molar-refractivity contribution < 1.29 is 0 Å². The summed E-state index contributed by atoms with van der Waals surface area (Å²) in [4.78, 5) is 4.78. The maximum absolute atomic E-state index is 5.69. The van der Waals surface area contributed by atoms with Gasteiger partial charge in [0.15, 0.2) is 0 Å². The minimum atomic E-state index is 0.583. The Morgan fingerprint density at radius 3 is 2.63 bits per heavy atom. The molecular weight excluding hydrogens is 302 g/mol. The van der Waals surface area contributed by atoms with Crippen molar-refractivity contribution in [3.05, 3.63) is 28.2 Å². The van der Waals surface area contributed by atoms with Crippen LogP contribution in [0.2, 0.25) is 0 Å². The van der Waals surface area contributed by atoms with E-state index in [0.29, 0.717) is 6.54 Å². The third-order valence-electron chi connectivity index (χ3n) is 4.07. The average molecular weight is 326 g/mol. The van der Waals surface area contributed by atoms with Gasteiger partial charge in [-0.15, -0.1) is 0 Å². The molecule has 0 radical (unpaired) electrons. The normalized spacial score (nSPS) is 17.7. The fraction of sp³-hybridized carbons (Fsp3) is 0.600. The molecule has 0 spiro atoms. The van der Waals surface area contributed by atoms with Crippen LogP contribution in [-0.2, 0) is 6.54 Å². The van der Waals surface area contributed by atoms with Gasteiger partial charge in [0.1, 0.15) is 0 Å². The highest BCUT2D eigenvalue weighted by Crippen LogP contribution is 2.25. The van der Waals surface area contributed by atoms with Gasteiger partial charge in [-0.2, -0.15) is 0 Å². The van der Waals surface area contributed by atoms with Gasteiger partial charge in [0.2, 0.25) is 0 Å². The molecule has 4 heteroatoms. The van der Waals surface area contributed by atoms with Crippen molar-refractivity contribution in [1.82, 2.24) is 4.90 Å². The first-order chi connectivity index (χ1) is 9.10. The first kappa shape index (κ1) is 14.8. The van der Waals surface area contributed by atoms with Crippen molar-refractivity contribution in [2.45, 2.75) is 19.4 Å². The summed E-state index contributed by atoms with van der Waals surface area (Å²) in [6.45, 7) is 4.18. The molecule has 0 aromatic heterocycles. The standard InChI is InChI=1S/C15H24BrN3/c1-18-7-5-12(6-8-18)11-19(2)14-4-3-13(10-17)15(16)9-14/h3-4,9,12H,5-8,10-11,17H2,1-2H3. The number of piperidine rings is 1. The monoisotopic (exact) mass is 325 g/mol. The summed E-state index contributed by atoms with van der Waals surface area (Å²) in [6, 6.07) is 6.46. The molecule has 1 aliphatic heterocycles. The van der Waals surface area contributed by atoms with E-state index in [2.05, 4.69) is 58.0 Å². The molecule has 3 nitrogen and oxygen atoms in total. The van der Waals surface area contributed by atoms with Gasteiger partial charge in [-0.05, 0) is 56.6 Å². The molecular formula is C15H24BrN3. The zero-order valence-corrected chi connectivity index (χ0v) is 13.5. The van der Waals surface area contributed by atoms with Gasteiger partial charge >= 0.3 is 0 Å². The second kappa shape index (κ2) is 6.73. The van der Waals surface area contributed by atoms with Crippen molar-refractivity contribution in [1.29, 1.82) is 0 Å². The Morgan fingerprint density at radius 2 is 2.05 bits per heavy atom. The molecule has 1 aromatic rings. The summed E-state index contributed by atoms with van der Waals surface area (Å²) < 4.78 is 1.11. The summed E-state index contributed by atoms with van der Waals surface area (Å²) in [7, 11) is 4.39. The Balaban J connectivity index is 1.96. The van der Waals surface area contributed by atoms with Crippen LogP contribution in [0, 0.1) is 5.92 Å². The van der Waals surface area contributed by atoms with Crippen LogP contribution in [0.3, 0.4) is 0 Å². The predicted octanol–water partition coefficient (Wildman–Crippen LogP) is 2.69.